The maximum Gasteiger partial charge on any atom is 0.249 e. The van der Waals surface area contributed by atoms with E-state index in [1.54, 1.807) is 0 Å². The first-order valence-corrected chi connectivity index (χ1v) is 3.98. The predicted octanol–water partition coefficient (Wildman–Crippen LogP) is 0.370. The Morgan fingerprint density at radius 1 is 1.20 bits per heavy atom. The lowest BCUT2D eigenvalue weighted by Gasteiger charge is -2.40. The zero-order valence-electron chi connectivity index (χ0n) is 5.88. The van der Waals surface area contributed by atoms with Crippen molar-refractivity contribution in [3.63, 3.8) is 0 Å². The Balaban J connectivity index is 1.90. The number of hydrogen-bond acceptors (Lipinski definition) is 3. The van der Waals surface area contributed by atoms with Crippen molar-refractivity contribution in [2.24, 2.45) is 5.92 Å². The van der Waals surface area contributed by atoms with E-state index in [2.05, 4.69) is 4.90 Å². The smallest absolute Gasteiger partial charge is 0.249 e. The van der Waals surface area contributed by atoms with Gasteiger partial charge in [-0.05, 0) is 25.9 Å². The molecule has 3 nitrogen and oxygen atoms in total. The summed E-state index contributed by atoms with van der Waals surface area (Å²) in [6.45, 7) is 3.51. The second-order valence-corrected chi connectivity index (χ2v) is 3.53. The van der Waals surface area contributed by atoms with Crippen LogP contribution in [0.15, 0.2) is 0 Å². The van der Waals surface area contributed by atoms with E-state index >= 15 is 0 Å². The summed E-state index contributed by atoms with van der Waals surface area (Å²) in [7, 11) is 0. The van der Waals surface area contributed by atoms with Gasteiger partial charge in [-0.1, -0.05) is 0 Å². The third-order valence-electron chi connectivity index (χ3n) is 2.95. The van der Waals surface area contributed by atoms with Gasteiger partial charge in [0.05, 0.1) is 6.54 Å². The molecule has 4 fully saturated rings. The minimum atomic E-state index is -0.128. The maximum atomic E-state index is 5.03. The average Bonchev–Trinajstić information content (AvgIpc) is 2.72. The van der Waals surface area contributed by atoms with Crippen LogP contribution < -0.4 is 0 Å². The molecule has 56 valence electrons. The van der Waals surface area contributed by atoms with E-state index in [4.69, 9.17) is 9.78 Å². The lowest BCUT2D eigenvalue weighted by molar-refractivity contribution is 0.0200. The van der Waals surface area contributed by atoms with E-state index in [9.17, 15) is 0 Å². The first-order chi connectivity index (χ1) is 4.89. The van der Waals surface area contributed by atoms with E-state index < -0.39 is 0 Å². The highest BCUT2D eigenvalue weighted by Gasteiger charge is 2.60. The third kappa shape index (κ3) is 0.557. The van der Waals surface area contributed by atoms with Crippen LogP contribution in [0.25, 0.3) is 0 Å². The Morgan fingerprint density at radius 3 is 2.20 bits per heavy atom. The van der Waals surface area contributed by atoms with Crippen LogP contribution in [0.3, 0.4) is 0 Å². The van der Waals surface area contributed by atoms with Crippen molar-refractivity contribution in [2.75, 3.05) is 19.6 Å². The van der Waals surface area contributed by atoms with E-state index in [1.165, 1.54) is 25.9 Å². The Labute approximate surface area is 59.8 Å². The van der Waals surface area contributed by atoms with Gasteiger partial charge in [0.15, 0.2) is 0 Å². The summed E-state index contributed by atoms with van der Waals surface area (Å²) in [5.74, 6) is 0.564. The molecule has 0 amide bonds. The van der Waals surface area contributed by atoms with E-state index in [-0.39, 0.29) is 5.79 Å². The minimum Gasteiger partial charge on any atom is -0.298 e. The summed E-state index contributed by atoms with van der Waals surface area (Å²) in [4.78, 5) is 12.5. The zero-order chi connectivity index (χ0) is 6.60. The molecular formula is C7H11NO2. The molecule has 2 bridgehead atoms. The summed E-state index contributed by atoms with van der Waals surface area (Å²) in [5, 5.41) is 0. The second kappa shape index (κ2) is 1.55. The van der Waals surface area contributed by atoms with Crippen LogP contribution in [0.1, 0.15) is 12.8 Å². The van der Waals surface area contributed by atoms with Crippen LogP contribution in [0.5, 0.6) is 0 Å². The highest BCUT2D eigenvalue weighted by atomic mass is 17.4. The Kier molecular flexibility index (Phi) is 0.854. The number of rotatable bonds is 0. The zero-order valence-corrected chi connectivity index (χ0v) is 5.88. The predicted molar refractivity (Wildman–Crippen MR) is 34.1 cm³/mol. The fourth-order valence-corrected chi connectivity index (χ4v) is 2.21. The van der Waals surface area contributed by atoms with Crippen molar-refractivity contribution in [1.82, 2.24) is 4.90 Å². The molecule has 4 rings (SSSR count). The third-order valence-corrected chi connectivity index (χ3v) is 2.95. The number of fused-ring (bicyclic) bond motifs is 2. The molecule has 4 aliphatic rings. The molecule has 0 N–H and O–H groups in total. The van der Waals surface area contributed by atoms with Crippen molar-refractivity contribution in [3.05, 3.63) is 0 Å². The fourth-order valence-electron chi connectivity index (χ4n) is 2.21. The molecule has 0 unspecified atom stereocenters. The van der Waals surface area contributed by atoms with Crippen molar-refractivity contribution in [1.29, 1.82) is 0 Å². The van der Waals surface area contributed by atoms with Crippen LogP contribution in [0, 0.1) is 5.92 Å². The summed E-state index contributed by atoms with van der Waals surface area (Å²) < 4.78 is 0. The van der Waals surface area contributed by atoms with Crippen LogP contribution in [-0.2, 0) is 9.78 Å². The Morgan fingerprint density at radius 2 is 1.90 bits per heavy atom. The van der Waals surface area contributed by atoms with Crippen LogP contribution in [0.2, 0.25) is 0 Å². The molecule has 3 heteroatoms. The normalized spacial score (nSPS) is 48.0. The van der Waals surface area contributed by atoms with Gasteiger partial charge < -0.3 is 0 Å². The largest absolute Gasteiger partial charge is 0.298 e. The molecular weight excluding hydrogens is 130 g/mol. The van der Waals surface area contributed by atoms with E-state index in [1.807, 2.05) is 0 Å². The first kappa shape index (κ1) is 5.52. The molecule has 4 heterocycles. The van der Waals surface area contributed by atoms with Crippen LogP contribution in [0.4, 0.5) is 0 Å². The van der Waals surface area contributed by atoms with Crippen molar-refractivity contribution in [2.45, 2.75) is 18.6 Å². The molecule has 4 aliphatic heterocycles. The van der Waals surface area contributed by atoms with Crippen LogP contribution in [-0.4, -0.2) is 30.3 Å². The van der Waals surface area contributed by atoms with Gasteiger partial charge in [-0.25, -0.2) is 0 Å². The van der Waals surface area contributed by atoms with Gasteiger partial charge in [0.2, 0.25) is 5.79 Å². The van der Waals surface area contributed by atoms with Crippen molar-refractivity contribution in [3.8, 4) is 0 Å². The molecule has 4 saturated heterocycles. The van der Waals surface area contributed by atoms with E-state index in [0.29, 0.717) is 5.92 Å². The molecule has 0 aromatic heterocycles. The number of piperidine rings is 3. The summed E-state index contributed by atoms with van der Waals surface area (Å²) in [6, 6.07) is 0. The highest BCUT2D eigenvalue weighted by Crippen LogP contribution is 2.47. The fraction of sp³-hybridized carbons (Fsp3) is 1.00. The number of hydrogen-bond donors (Lipinski definition) is 0. The van der Waals surface area contributed by atoms with Crippen molar-refractivity contribution < 1.29 is 9.78 Å². The SMILES string of the molecule is C1CN2CCC1C1(C2)OO1. The Hall–Kier alpha value is -0.120. The monoisotopic (exact) mass is 141 g/mol. The molecule has 0 aliphatic carbocycles. The lowest BCUT2D eigenvalue weighted by atomic mass is 9.84. The lowest BCUT2D eigenvalue weighted by Crippen LogP contribution is -2.52. The van der Waals surface area contributed by atoms with Gasteiger partial charge in [0.1, 0.15) is 0 Å². The average molecular weight is 141 g/mol. The topological polar surface area (TPSA) is 28.3 Å². The molecule has 10 heavy (non-hydrogen) atoms. The minimum absolute atomic E-state index is 0.128. The number of nitrogens with zero attached hydrogens (tertiary/aromatic N) is 1. The maximum absolute atomic E-state index is 5.03. The second-order valence-electron chi connectivity index (χ2n) is 3.53. The van der Waals surface area contributed by atoms with Gasteiger partial charge in [-0.3, -0.25) is 4.90 Å². The Bertz CT molecular complexity index is 159. The summed E-state index contributed by atoms with van der Waals surface area (Å²) in [6.07, 6.45) is 2.53. The van der Waals surface area contributed by atoms with Crippen molar-refractivity contribution >= 4 is 0 Å². The van der Waals surface area contributed by atoms with Gasteiger partial charge in [0, 0.05) is 5.92 Å². The van der Waals surface area contributed by atoms with Gasteiger partial charge in [-0.2, -0.15) is 9.78 Å². The molecule has 0 saturated carbocycles. The van der Waals surface area contributed by atoms with Crippen LogP contribution >= 0.6 is 0 Å². The van der Waals surface area contributed by atoms with Gasteiger partial charge in [-0.15, -0.1) is 0 Å². The first-order valence-electron chi connectivity index (χ1n) is 3.98. The standard InChI is InChI=1S/C7H11NO2/c1-3-8-4-2-6(1)7(5-8)9-10-7/h6H,1-5H2. The summed E-state index contributed by atoms with van der Waals surface area (Å²) >= 11 is 0. The molecule has 0 radical (unpaired) electrons. The highest BCUT2D eigenvalue weighted by molar-refractivity contribution is 4.96. The van der Waals surface area contributed by atoms with Gasteiger partial charge >= 0.3 is 0 Å². The molecule has 0 aromatic carbocycles. The molecule has 1 spiro atoms. The van der Waals surface area contributed by atoms with E-state index in [0.717, 1.165) is 6.54 Å². The van der Waals surface area contributed by atoms with Gasteiger partial charge in [0.25, 0.3) is 0 Å². The summed E-state index contributed by atoms with van der Waals surface area (Å²) in [5.41, 5.74) is 0. The molecule has 0 aromatic rings. The molecule has 0 atom stereocenters. The quantitative estimate of drug-likeness (QED) is 0.360.